The average molecular weight is 194 g/mol. The number of carbonyl (C=O) groups is 1. The fourth-order valence-electron chi connectivity index (χ4n) is 0.822. The van der Waals surface area contributed by atoms with Crippen LogP contribution in [0.3, 0.4) is 0 Å². The third kappa shape index (κ3) is 1.58. The fraction of sp³-hybridized carbons (Fsp3) is 0.167. The van der Waals surface area contributed by atoms with Crippen molar-refractivity contribution in [2.75, 3.05) is 5.32 Å². The van der Waals surface area contributed by atoms with Crippen LogP contribution in [-0.2, 0) is 0 Å². The lowest BCUT2D eigenvalue weighted by Gasteiger charge is -1.93. The van der Waals surface area contributed by atoms with Gasteiger partial charge in [-0.1, -0.05) is 0 Å². The fourth-order valence-corrected chi connectivity index (χ4v) is 0.822. The van der Waals surface area contributed by atoms with Crippen molar-refractivity contribution >= 4 is 11.9 Å². The number of nitrogens with zero attached hydrogens (tertiary/aromatic N) is 4. The van der Waals surface area contributed by atoms with Crippen LogP contribution in [0, 0.1) is 6.92 Å². The maximum atomic E-state index is 11.3. The summed E-state index contributed by atoms with van der Waals surface area (Å²) in [5.41, 5.74) is 0.674. The lowest BCUT2D eigenvalue weighted by atomic mass is 10.6. The van der Waals surface area contributed by atoms with E-state index in [0.29, 0.717) is 5.69 Å². The van der Waals surface area contributed by atoms with Crippen LogP contribution in [0.25, 0.3) is 0 Å². The average Bonchev–Trinajstić information content (AvgIpc) is 2.75. The molecule has 0 aliphatic heterocycles. The van der Waals surface area contributed by atoms with Gasteiger partial charge in [-0.25, -0.2) is 0 Å². The summed E-state index contributed by atoms with van der Waals surface area (Å²) in [6.07, 6.45) is 1.42. The molecule has 0 radical (unpaired) electrons. The summed E-state index contributed by atoms with van der Waals surface area (Å²) in [5.74, 6) is -0.596. The number of oxazole rings is 1. The maximum absolute atomic E-state index is 11.3. The highest BCUT2D eigenvalue weighted by Crippen LogP contribution is 2.06. The second kappa shape index (κ2) is 3.24. The van der Waals surface area contributed by atoms with Gasteiger partial charge in [-0.2, -0.15) is 10.2 Å². The summed E-state index contributed by atoms with van der Waals surface area (Å²) in [5, 5.41) is 14.7. The van der Waals surface area contributed by atoms with E-state index in [2.05, 4.69) is 30.9 Å². The molecule has 2 N–H and O–H groups in total. The van der Waals surface area contributed by atoms with Gasteiger partial charge >= 0.3 is 11.9 Å². The van der Waals surface area contributed by atoms with Gasteiger partial charge in [0.1, 0.15) is 6.26 Å². The largest absolute Gasteiger partial charge is 0.432 e. The quantitative estimate of drug-likeness (QED) is 0.682. The highest BCUT2D eigenvalue weighted by atomic mass is 16.4. The molecule has 2 rings (SSSR count). The van der Waals surface area contributed by atoms with Crippen molar-refractivity contribution in [2.24, 2.45) is 0 Å². The number of hydrogen-bond acceptors (Lipinski definition) is 6. The van der Waals surface area contributed by atoms with Crippen molar-refractivity contribution < 1.29 is 9.21 Å². The van der Waals surface area contributed by atoms with Gasteiger partial charge in [-0.15, -0.1) is 10.2 Å². The molecule has 2 aromatic heterocycles. The Morgan fingerprint density at radius 1 is 1.64 bits per heavy atom. The normalized spacial score (nSPS) is 10.1. The molecule has 2 heterocycles. The van der Waals surface area contributed by atoms with Crippen molar-refractivity contribution in [3.05, 3.63) is 17.8 Å². The first kappa shape index (κ1) is 8.35. The molecule has 0 unspecified atom stereocenters. The Labute approximate surface area is 77.7 Å². The number of carbonyl (C=O) groups excluding carboxylic acids is 1. The Bertz CT molecular complexity index is 433. The van der Waals surface area contributed by atoms with E-state index in [4.69, 9.17) is 4.42 Å². The standard InChI is InChI=1S/C6H6N6O2/c1-3-2-14-6(7-3)8-5(13)4-9-11-12-10-4/h2H,1H3,(H,7,8,13)(H,9,10,11,12). The van der Waals surface area contributed by atoms with Gasteiger partial charge in [-0.05, 0) is 12.1 Å². The Balaban J connectivity index is 2.09. The molecule has 0 aliphatic carbocycles. The van der Waals surface area contributed by atoms with Crippen molar-refractivity contribution in [2.45, 2.75) is 6.92 Å². The highest BCUT2D eigenvalue weighted by Gasteiger charge is 2.13. The zero-order valence-electron chi connectivity index (χ0n) is 7.18. The van der Waals surface area contributed by atoms with Gasteiger partial charge in [0.25, 0.3) is 5.82 Å². The zero-order chi connectivity index (χ0) is 9.97. The third-order valence-electron chi connectivity index (χ3n) is 1.39. The number of H-pyrrole nitrogens is 1. The molecule has 0 saturated carbocycles. The van der Waals surface area contributed by atoms with Crippen LogP contribution in [0.5, 0.6) is 0 Å². The number of tetrazole rings is 1. The molecule has 14 heavy (non-hydrogen) atoms. The van der Waals surface area contributed by atoms with E-state index in [9.17, 15) is 4.79 Å². The molecule has 8 heteroatoms. The number of nitrogens with one attached hydrogen (secondary N) is 2. The number of rotatable bonds is 2. The zero-order valence-corrected chi connectivity index (χ0v) is 7.18. The number of anilines is 1. The number of amides is 1. The van der Waals surface area contributed by atoms with E-state index in [1.54, 1.807) is 6.92 Å². The van der Waals surface area contributed by atoms with Crippen molar-refractivity contribution in [1.82, 2.24) is 25.6 Å². The van der Waals surface area contributed by atoms with Gasteiger partial charge in [-0.3, -0.25) is 10.1 Å². The van der Waals surface area contributed by atoms with Crippen LogP contribution in [-0.4, -0.2) is 31.5 Å². The summed E-state index contributed by atoms with van der Waals surface area (Å²) in [6.45, 7) is 1.74. The van der Waals surface area contributed by atoms with Gasteiger partial charge < -0.3 is 4.42 Å². The monoisotopic (exact) mass is 194 g/mol. The highest BCUT2D eigenvalue weighted by molar-refractivity contribution is 5.99. The van der Waals surface area contributed by atoms with E-state index in [1.807, 2.05) is 0 Å². The number of aromatic amines is 1. The van der Waals surface area contributed by atoms with E-state index < -0.39 is 5.91 Å². The Morgan fingerprint density at radius 3 is 3.07 bits per heavy atom. The molecule has 72 valence electrons. The van der Waals surface area contributed by atoms with Crippen molar-refractivity contribution in [3.8, 4) is 0 Å². The van der Waals surface area contributed by atoms with E-state index >= 15 is 0 Å². The van der Waals surface area contributed by atoms with Crippen molar-refractivity contribution in [1.29, 1.82) is 0 Å². The molecule has 0 saturated heterocycles. The van der Waals surface area contributed by atoms with E-state index in [-0.39, 0.29) is 11.8 Å². The van der Waals surface area contributed by atoms with Crippen LogP contribution in [0.2, 0.25) is 0 Å². The maximum Gasteiger partial charge on any atom is 0.301 e. The molecule has 0 spiro atoms. The molecule has 0 atom stereocenters. The molecule has 0 aromatic carbocycles. The molecule has 1 amide bonds. The summed E-state index contributed by atoms with van der Waals surface area (Å²) >= 11 is 0. The number of aryl methyl sites for hydroxylation is 1. The van der Waals surface area contributed by atoms with Gasteiger partial charge in [0.2, 0.25) is 0 Å². The van der Waals surface area contributed by atoms with E-state index in [0.717, 1.165) is 0 Å². The lowest BCUT2D eigenvalue weighted by Crippen LogP contribution is -2.14. The van der Waals surface area contributed by atoms with Crippen LogP contribution in [0.15, 0.2) is 10.7 Å². The molecular weight excluding hydrogens is 188 g/mol. The second-order valence-corrected chi connectivity index (χ2v) is 2.48. The topological polar surface area (TPSA) is 110 Å². The minimum absolute atomic E-state index is 0.0687. The predicted molar refractivity (Wildman–Crippen MR) is 43.4 cm³/mol. The van der Waals surface area contributed by atoms with Crippen LogP contribution < -0.4 is 5.32 Å². The van der Waals surface area contributed by atoms with Gasteiger partial charge in [0, 0.05) is 0 Å². The Morgan fingerprint density at radius 2 is 2.50 bits per heavy atom. The minimum atomic E-state index is -0.527. The second-order valence-electron chi connectivity index (χ2n) is 2.48. The van der Waals surface area contributed by atoms with E-state index in [1.165, 1.54) is 6.26 Å². The first-order valence-corrected chi connectivity index (χ1v) is 3.72. The van der Waals surface area contributed by atoms with Gasteiger partial charge in [0.15, 0.2) is 0 Å². The van der Waals surface area contributed by atoms with Crippen LogP contribution >= 0.6 is 0 Å². The molecule has 0 aliphatic rings. The summed E-state index contributed by atoms with van der Waals surface area (Å²) in [7, 11) is 0. The first-order chi connectivity index (χ1) is 6.75. The third-order valence-corrected chi connectivity index (χ3v) is 1.39. The predicted octanol–water partition coefficient (Wildman–Crippen LogP) is -0.252. The van der Waals surface area contributed by atoms with Crippen molar-refractivity contribution in [3.63, 3.8) is 0 Å². The van der Waals surface area contributed by atoms with Crippen LogP contribution in [0.1, 0.15) is 16.3 Å². The minimum Gasteiger partial charge on any atom is -0.432 e. The number of aromatic nitrogens is 5. The molecule has 2 aromatic rings. The smallest absolute Gasteiger partial charge is 0.301 e. The molecule has 8 nitrogen and oxygen atoms in total. The Hall–Kier alpha value is -2.25. The lowest BCUT2D eigenvalue weighted by molar-refractivity contribution is 0.101. The summed E-state index contributed by atoms with van der Waals surface area (Å²) in [6, 6.07) is 0.109. The first-order valence-electron chi connectivity index (χ1n) is 3.72. The summed E-state index contributed by atoms with van der Waals surface area (Å²) < 4.78 is 4.90. The SMILES string of the molecule is Cc1coc(NC(=O)c2nn[nH]n2)n1. The Kier molecular flexibility index (Phi) is 1.94. The number of hydrogen-bond donors (Lipinski definition) is 2. The molecular formula is C6H6N6O2. The molecule has 0 fully saturated rings. The molecule has 0 bridgehead atoms. The summed E-state index contributed by atoms with van der Waals surface area (Å²) in [4.78, 5) is 15.2. The van der Waals surface area contributed by atoms with Gasteiger partial charge in [0.05, 0.1) is 5.69 Å². The van der Waals surface area contributed by atoms with Crippen LogP contribution in [0.4, 0.5) is 6.01 Å².